The first kappa shape index (κ1) is 19.1. The van der Waals surface area contributed by atoms with Crippen LogP contribution in [0.15, 0.2) is 88.6 Å². The third kappa shape index (κ3) is 7.37. The van der Waals surface area contributed by atoms with Gasteiger partial charge in [0.05, 0.1) is 11.9 Å². The van der Waals surface area contributed by atoms with Gasteiger partial charge in [-0.15, -0.1) is 0 Å². The Morgan fingerprint density at radius 3 is 2.67 bits per heavy atom. The van der Waals surface area contributed by atoms with Gasteiger partial charge in [0.2, 0.25) is 0 Å². The average molecular weight is 342 g/mol. The van der Waals surface area contributed by atoms with Gasteiger partial charge in [-0.25, -0.2) is 9.98 Å². The summed E-state index contributed by atoms with van der Waals surface area (Å²) in [6, 6.07) is 3.76. The van der Waals surface area contributed by atoms with E-state index in [4.69, 9.17) is 17.2 Å². The fraction of sp³-hybridized carbons (Fsp3) is 0.0588. The third-order valence-corrected chi connectivity index (χ3v) is 3.43. The standard InChI is InChI=1S/C17H22N6S/c1-4-5-15(8-9-18)24-17-7-6-14(11-21-17)23-16(20)10-12(2)22-13(3)19/h4-11,23H,1,3,18-20H2,2H3/b9-8-,15-5+,16-10+,22-12-. The number of nitrogens with zero attached hydrogens (tertiary/aromatic N) is 2. The molecule has 1 heterocycles. The van der Waals surface area contributed by atoms with Crippen LogP contribution in [0.4, 0.5) is 5.69 Å². The summed E-state index contributed by atoms with van der Waals surface area (Å²) in [5, 5.41) is 3.85. The van der Waals surface area contributed by atoms with E-state index in [1.54, 1.807) is 31.3 Å². The quantitative estimate of drug-likeness (QED) is 0.328. The number of aromatic nitrogens is 1. The van der Waals surface area contributed by atoms with E-state index in [0.717, 1.165) is 15.6 Å². The Labute approximate surface area is 146 Å². The fourth-order valence-electron chi connectivity index (χ4n) is 1.66. The van der Waals surface area contributed by atoms with E-state index in [-0.39, 0.29) is 5.82 Å². The molecule has 0 aliphatic rings. The molecule has 0 saturated heterocycles. The fourth-order valence-corrected chi connectivity index (χ4v) is 2.45. The van der Waals surface area contributed by atoms with E-state index >= 15 is 0 Å². The van der Waals surface area contributed by atoms with Gasteiger partial charge in [0.1, 0.15) is 16.7 Å². The lowest BCUT2D eigenvalue weighted by Gasteiger charge is -2.07. The molecule has 0 spiro atoms. The van der Waals surface area contributed by atoms with Gasteiger partial charge in [-0.2, -0.15) is 0 Å². The number of hydrogen-bond acceptors (Lipinski definition) is 7. The van der Waals surface area contributed by atoms with Gasteiger partial charge in [0.25, 0.3) is 0 Å². The van der Waals surface area contributed by atoms with Crippen LogP contribution < -0.4 is 22.5 Å². The minimum Gasteiger partial charge on any atom is -0.405 e. The second kappa shape index (κ2) is 9.96. The van der Waals surface area contributed by atoms with Gasteiger partial charge in [-0.1, -0.05) is 31.0 Å². The van der Waals surface area contributed by atoms with Crippen molar-refractivity contribution in [1.29, 1.82) is 0 Å². The Balaban J connectivity index is 2.77. The smallest absolute Gasteiger partial charge is 0.116 e. The van der Waals surface area contributed by atoms with Crippen molar-refractivity contribution >= 4 is 23.2 Å². The van der Waals surface area contributed by atoms with Gasteiger partial charge in [-0.3, -0.25) is 0 Å². The SMILES string of the molecule is C=C/C=C(\C=C/N)Sc1ccc(N/C(N)=C/C(C)=N\C(=C)N)cn1. The van der Waals surface area contributed by atoms with E-state index in [1.165, 1.54) is 18.0 Å². The number of thioether (sulfide) groups is 1. The highest BCUT2D eigenvalue weighted by atomic mass is 32.2. The van der Waals surface area contributed by atoms with Crippen molar-refractivity contribution in [3.05, 3.63) is 78.5 Å². The van der Waals surface area contributed by atoms with Crippen molar-refractivity contribution < 1.29 is 0 Å². The summed E-state index contributed by atoms with van der Waals surface area (Å²) in [7, 11) is 0. The molecule has 7 heteroatoms. The molecule has 1 aromatic heterocycles. The van der Waals surface area contributed by atoms with Crippen molar-refractivity contribution in [1.82, 2.24) is 4.98 Å². The van der Waals surface area contributed by atoms with Crippen LogP contribution in [0.25, 0.3) is 0 Å². The van der Waals surface area contributed by atoms with E-state index in [2.05, 4.69) is 28.5 Å². The number of anilines is 1. The Kier molecular flexibility index (Phi) is 7.93. The number of aliphatic imine (C=N–C) groups is 1. The predicted octanol–water partition coefficient (Wildman–Crippen LogP) is 2.82. The van der Waals surface area contributed by atoms with Crippen LogP contribution in [0.1, 0.15) is 6.92 Å². The molecular weight excluding hydrogens is 320 g/mol. The van der Waals surface area contributed by atoms with Crippen LogP contribution in [0.5, 0.6) is 0 Å². The molecular formula is C17H22N6S. The summed E-state index contributed by atoms with van der Waals surface area (Å²) in [6.07, 6.45) is 10.2. The van der Waals surface area contributed by atoms with Gasteiger partial charge in [0, 0.05) is 10.6 Å². The number of pyridine rings is 1. The van der Waals surface area contributed by atoms with Crippen LogP contribution in [-0.2, 0) is 0 Å². The average Bonchev–Trinajstić information content (AvgIpc) is 2.48. The van der Waals surface area contributed by atoms with Crippen molar-refractivity contribution in [2.24, 2.45) is 22.2 Å². The number of nitrogens with one attached hydrogen (secondary N) is 1. The predicted molar refractivity (Wildman–Crippen MR) is 104 cm³/mol. The molecule has 7 N–H and O–H groups in total. The second-order valence-corrected chi connectivity index (χ2v) is 5.71. The van der Waals surface area contributed by atoms with E-state index in [1.807, 2.05) is 18.2 Å². The normalized spacial score (nSPS) is 13.1. The van der Waals surface area contributed by atoms with Crippen LogP contribution in [0.2, 0.25) is 0 Å². The summed E-state index contributed by atoms with van der Waals surface area (Å²) in [5.41, 5.74) is 18.1. The first-order valence-corrected chi connectivity index (χ1v) is 7.85. The highest BCUT2D eigenvalue weighted by molar-refractivity contribution is 8.03. The van der Waals surface area contributed by atoms with Crippen molar-refractivity contribution in [3.63, 3.8) is 0 Å². The van der Waals surface area contributed by atoms with Gasteiger partial charge in [-0.05, 0) is 43.5 Å². The molecule has 24 heavy (non-hydrogen) atoms. The van der Waals surface area contributed by atoms with Crippen molar-refractivity contribution in [2.45, 2.75) is 11.9 Å². The summed E-state index contributed by atoms with van der Waals surface area (Å²) >= 11 is 1.48. The van der Waals surface area contributed by atoms with Gasteiger partial charge in [0.15, 0.2) is 0 Å². The number of nitrogens with two attached hydrogens (primary N) is 3. The van der Waals surface area contributed by atoms with Crippen LogP contribution in [-0.4, -0.2) is 10.7 Å². The van der Waals surface area contributed by atoms with E-state index in [0.29, 0.717) is 11.5 Å². The maximum Gasteiger partial charge on any atom is 0.116 e. The maximum absolute atomic E-state index is 5.90. The maximum atomic E-state index is 5.90. The highest BCUT2D eigenvalue weighted by Crippen LogP contribution is 2.26. The largest absolute Gasteiger partial charge is 0.405 e. The number of hydrogen-bond donors (Lipinski definition) is 4. The minimum absolute atomic E-state index is 0.231. The Morgan fingerprint density at radius 1 is 1.38 bits per heavy atom. The molecule has 0 bridgehead atoms. The molecule has 0 saturated carbocycles. The monoisotopic (exact) mass is 342 g/mol. The summed E-state index contributed by atoms with van der Waals surface area (Å²) in [4.78, 5) is 9.30. The van der Waals surface area contributed by atoms with Crippen molar-refractivity contribution in [2.75, 3.05) is 5.32 Å². The van der Waals surface area contributed by atoms with E-state index in [9.17, 15) is 0 Å². The Hall–Kier alpha value is -2.93. The molecule has 0 atom stereocenters. The lowest BCUT2D eigenvalue weighted by Crippen LogP contribution is -2.11. The zero-order valence-corrected chi connectivity index (χ0v) is 14.4. The Bertz CT molecular complexity index is 698. The molecule has 0 amide bonds. The molecule has 1 rings (SSSR count). The van der Waals surface area contributed by atoms with Crippen LogP contribution in [0, 0.1) is 0 Å². The molecule has 6 nitrogen and oxygen atoms in total. The molecule has 0 fully saturated rings. The zero-order chi connectivity index (χ0) is 17.9. The first-order chi connectivity index (χ1) is 11.4. The molecule has 0 aliphatic carbocycles. The molecule has 0 radical (unpaired) electrons. The Morgan fingerprint density at radius 2 is 2.12 bits per heavy atom. The number of rotatable bonds is 8. The lowest BCUT2D eigenvalue weighted by atomic mass is 10.3. The van der Waals surface area contributed by atoms with Gasteiger partial charge < -0.3 is 22.5 Å². The van der Waals surface area contributed by atoms with Crippen LogP contribution >= 0.6 is 11.8 Å². The zero-order valence-electron chi connectivity index (χ0n) is 13.6. The molecule has 126 valence electrons. The molecule has 0 unspecified atom stereocenters. The number of allylic oxidation sites excluding steroid dienone is 4. The summed E-state index contributed by atoms with van der Waals surface area (Å²) in [6.45, 7) is 8.97. The summed E-state index contributed by atoms with van der Waals surface area (Å²) in [5.74, 6) is 0.660. The second-order valence-electron chi connectivity index (χ2n) is 4.62. The van der Waals surface area contributed by atoms with E-state index < -0.39 is 0 Å². The van der Waals surface area contributed by atoms with Crippen LogP contribution in [0.3, 0.4) is 0 Å². The third-order valence-electron chi connectivity index (χ3n) is 2.47. The highest BCUT2D eigenvalue weighted by Gasteiger charge is 2.00. The summed E-state index contributed by atoms with van der Waals surface area (Å²) < 4.78 is 0. The topological polar surface area (TPSA) is 115 Å². The minimum atomic E-state index is 0.231. The first-order valence-electron chi connectivity index (χ1n) is 7.03. The lowest BCUT2D eigenvalue weighted by molar-refractivity contribution is 1.13. The van der Waals surface area contributed by atoms with Gasteiger partial charge >= 0.3 is 0 Å². The molecule has 1 aromatic rings. The molecule has 0 aliphatic heterocycles. The van der Waals surface area contributed by atoms with Crippen molar-refractivity contribution in [3.8, 4) is 0 Å². The molecule has 0 aromatic carbocycles.